The molecule has 10 rings (SSSR count). The molecule has 0 spiro atoms. The highest BCUT2D eigenvalue weighted by molar-refractivity contribution is 6.21. The fourth-order valence-electron chi connectivity index (χ4n) is 8.55. The van der Waals surface area contributed by atoms with E-state index in [-0.39, 0.29) is 0 Å². The first-order chi connectivity index (χ1) is 27.7. The molecule has 0 aliphatic rings. The van der Waals surface area contributed by atoms with E-state index in [0.717, 1.165) is 11.4 Å². The topological polar surface area (TPSA) is 8.17 Å². The summed E-state index contributed by atoms with van der Waals surface area (Å²) >= 11 is 0. The van der Waals surface area contributed by atoms with E-state index in [9.17, 15) is 0 Å². The molecule has 10 aromatic rings. The van der Waals surface area contributed by atoms with Gasteiger partial charge in [-0.25, -0.2) is 0 Å². The van der Waals surface area contributed by atoms with Crippen LogP contribution in [0.3, 0.4) is 0 Å². The molecular formula is C54H44N2. The molecule has 0 radical (unpaired) electrons. The lowest BCUT2D eigenvalue weighted by atomic mass is 9.86. The molecule has 2 nitrogen and oxygen atoms in total. The van der Waals surface area contributed by atoms with E-state index >= 15 is 0 Å². The number of hydrogen-bond acceptors (Lipinski definition) is 1. The number of para-hydroxylation sites is 3. The van der Waals surface area contributed by atoms with Crippen molar-refractivity contribution in [2.45, 2.75) is 27.7 Å². The first kappa shape index (κ1) is 34.8. The number of nitrogens with zero attached hydrogens (tertiary/aromatic N) is 2. The van der Waals surface area contributed by atoms with Gasteiger partial charge in [0.05, 0.1) is 11.0 Å². The fourth-order valence-corrected chi connectivity index (χ4v) is 8.55. The van der Waals surface area contributed by atoms with Crippen LogP contribution in [0.4, 0.5) is 17.1 Å². The van der Waals surface area contributed by atoms with E-state index in [0.29, 0.717) is 0 Å². The van der Waals surface area contributed by atoms with Gasteiger partial charge in [-0.15, -0.1) is 0 Å². The third-order valence-corrected chi connectivity index (χ3v) is 11.0. The predicted molar refractivity (Wildman–Crippen MR) is 242 cm³/mol. The van der Waals surface area contributed by atoms with Gasteiger partial charge in [0.25, 0.3) is 0 Å². The van der Waals surface area contributed by atoms with Gasteiger partial charge in [-0.2, -0.15) is 0 Å². The Morgan fingerprint density at radius 2 is 0.786 bits per heavy atom. The second-order valence-electron chi connectivity index (χ2n) is 14.2. The smallest absolute Gasteiger partial charge is 0.0542 e. The normalized spacial score (nSPS) is 11.2. The van der Waals surface area contributed by atoms with Gasteiger partial charge in [0.2, 0.25) is 0 Å². The summed E-state index contributed by atoms with van der Waals surface area (Å²) < 4.78 is 2.42. The van der Waals surface area contributed by atoms with Crippen molar-refractivity contribution < 1.29 is 0 Å². The maximum atomic E-state index is 2.42. The molecule has 0 bridgehead atoms. The van der Waals surface area contributed by atoms with Crippen LogP contribution in [0.2, 0.25) is 0 Å². The van der Waals surface area contributed by atoms with Crippen molar-refractivity contribution in [1.29, 1.82) is 0 Å². The van der Waals surface area contributed by atoms with Crippen molar-refractivity contribution in [2.24, 2.45) is 0 Å². The van der Waals surface area contributed by atoms with Gasteiger partial charge >= 0.3 is 0 Å². The zero-order valence-electron chi connectivity index (χ0n) is 32.4. The Bertz CT molecular complexity index is 2900. The summed E-state index contributed by atoms with van der Waals surface area (Å²) in [4.78, 5) is 2.41. The highest BCUT2D eigenvalue weighted by Gasteiger charge is 2.20. The molecular weight excluding hydrogens is 677 g/mol. The molecule has 0 atom stereocenters. The van der Waals surface area contributed by atoms with E-state index in [4.69, 9.17) is 0 Å². The maximum absolute atomic E-state index is 2.42. The zero-order chi connectivity index (χ0) is 38.2. The molecule has 0 amide bonds. The van der Waals surface area contributed by atoms with Crippen LogP contribution in [-0.4, -0.2) is 4.57 Å². The second kappa shape index (κ2) is 14.7. The van der Waals surface area contributed by atoms with Crippen LogP contribution in [0.5, 0.6) is 0 Å². The Hall–Kier alpha value is -6.90. The summed E-state index contributed by atoms with van der Waals surface area (Å²) in [5, 5.41) is 7.53. The summed E-state index contributed by atoms with van der Waals surface area (Å²) in [5.41, 5.74) is 14.5. The van der Waals surface area contributed by atoms with Crippen molar-refractivity contribution >= 4 is 60.4 Å². The monoisotopic (exact) mass is 720 g/mol. The average Bonchev–Trinajstić information content (AvgIpc) is 3.59. The predicted octanol–water partition coefficient (Wildman–Crippen LogP) is 15.5. The summed E-state index contributed by atoms with van der Waals surface area (Å²) in [6, 6.07) is 70.8. The molecule has 2 heteroatoms. The average molecular weight is 721 g/mol. The third-order valence-electron chi connectivity index (χ3n) is 11.0. The highest BCUT2D eigenvalue weighted by atomic mass is 15.1. The third kappa shape index (κ3) is 5.82. The van der Waals surface area contributed by atoms with E-state index in [2.05, 4.69) is 217 Å². The number of rotatable bonds is 6. The maximum Gasteiger partial charge on any atom is 0.0542 e. The zero-order valence-corrected chi connectivity index (χ0v) is 32.4. The summed E-state index contributed by atoms with van der Waals surface area (Å²) in [6.07, 6.45) is 0. The summed E-state index contributed by atoms with van der Waals surface area (Å²) in [5.74, 6) is 0. The molecule has 1 heterocycles. The fraction of sp³-hybridized carbons (Fsp3) is 0.0741. The van der Waals surface area contributed by atoms with Crippen molar-refractivity contribution in [3.05, 3.63) is 205 Å². The standard InChI is InChI=1S/C52H38N2.C2H6/c1-35-16-6-13-25-47(35)54(48-26-14-7-17-36(48)2)40-32-33-50-46(34-40)41-20-12-15-27-49(41)53(50)39-30-28-38(29-31-39)52-44-23-10-8-21-42(44)51(37-18-4-3-5-19-37)43-22-9-11-24-45(43)52;1-2/h3-34H,1-2H3;1-2H3. The van der Waals surface area contributed by atoms with Crippen molar-refractivity contribution in [2.75, 3.05) is 4.90 Å². The van der Waals surface area contributed by atoms with Crippen LogP contribution >= 0.6 is 0 Å². The van der Waals surface area contributed by atoms with Gasteiger partial charge in [0, 0.05) is 33.5 Å². The highest BCUT2D eigenvalue weighted by Crippen LogP contribution is 2.45. The van der Waals surface area contributed by atoms with Gasteiger partial charge in [-0.05, 0) is 117 Å². The minimum absolute atomic E-state index is 1.14. The van der Waals surface area contributed by atoms with Gasteiger partial charge in [-0.3, -0.25) is 0 Å². The van der Waals surface area contributed by atoms with Gasteiger partial charge in [-0.1, -0.05) is 159 Å². The molecule has 270 valence electrons. The lowest BCUT2D eigenvalue weighted by Gasteiger charge is -2.28. The van der Waals surface area contributed by atoms with Gasteiger partial charge in [0.1, 0.15) is 0 Å². The number of aromatic nitrogens is 1. The minimum atomic E-state index is 1.14. The van der Waals surface area contributed by atoms with Crippen LogP contribution < -0.4 is 4.90 Å². The second-order valence-corrected chi connectivity index (χ2v) is 14.2. The number of anilines is 3. The number of fused-ring (bicyclic) bond motifs is 5. The van der Waals surface area contributed by atoms with E-state index in [1.807, 2.05) is 13.8 Å². The van der Waals surface area contributed by atoms with Crippen LogP contribution in [-0.2, 0) is 0 Å². The minimum Gasteiger partial charge on any atom is -0.310 e. The Labute approximate surface area is 329 Å². The molecule has 0 fully saturated rings. The number of hydrogen-bond donors (Lipinski definition) is 0. The molecule has 0 aliphatic heterocycles. The van der Waals surface area contributed by atoms with Crippen molar-refractivity contribution in [3.8, 4) is 27.9 Å². The largest absolute Gasteiger partial charge is 0.310 e. The molecule has 0 aliphatic carbocycles. The molecule has 9 aromatic carbocycles. The van der Waals surface area contributed by atoms with Crippen LogP contribution in [0.1, 0.15) is 25.0 Å². The van der Waals surface area contributed by atoms with Crippen molar-refractivity contribution in [3.63, 3.8) is 0 Å². The van der Waals surface area contributed by atoms with Crippen LogP contribution in [0.25, 0.3) is 71.3 Å². The van der Waals surface area contributed by atoms with Crippen molar-refractivity contribution in [1.82, 2.24) is 4.57 Å². The molecule has 0 N–H and O–H groups in total. The molecule has 1 aromatic heterocycles. The summed E-state index contributed by atoms with van der Waals surface area (Å²) in [7, 11) is 0. The number of benzene rings is 9. The Morgan fingerprint density at radius 3 is 1.32 bits per heavy atom. The molecule has 0 saturated heterocycles. The first-order valence-corrected chi connectivity index (χ1v) is 19.7. The lowest BCUT2D eigenvalue weighted by Crippen LogP contribution is -2.12. The first-order valence-electron chi connectivity index (χ1n) is 19.7. The van der Waals surface area contributed by atoms with E-state index < -0.39 is 0 Å². The lowest BCUT2D eigenvalue weighted by molar-refractivity contribution is 1.18. The van der Waals surface area contributed by atoms with Gasteiger partial charge in [0.15, 0.2) is 0 Å². The van der Waals surface area contributed by atoms with Gasteiger partial charge < -0.3 is 9.47 Å². The van der Waals surface area contributed by atoms with E-state index in [1.165, 1.54) is 88.1 Å². The Balaban J connectivity index is 0.00000202. The number of aryl methyl sites for hydroxylation is 2. The van der Waals surface area contributed by atoms with Crippen LogP contribution in [0.15, 0.2) is 194 Å². The van der Waals surface area contributed by atoms with E-state index in [1.54, 1.807) is 0 Å². The SMILES string of the molecule is CC.Cc1ccccc1N(c1ccc2c(c1)c1ccccc1n2-c1ccc(-c2c3ccccc3c(-c3ccccc3)c3ccccc23)cc1)c1ccccc1C. The molecule has 56 heavy (non-hydrogen) atoms. The quantitative estimate of drug-likeness (QED) is 0.155. The Morgan fingerprint density at radius 1 is 0.357 bits per heavy atom. The van der Waals surface area contributed by atoms with Crippen LogP contribution in [0, 0.1) is 13.8 Å². The molecule has 0 unspecified atom stereocenters. The summed E-state index contributed by atoms with van der Waals surface area (Å²) in [6.45, 7) is 8.38. The molecule has 0 saturated carbocycles. The Kier molecular flexibility index (Phi) is 9.17.